The Morgan fingerprint density at radius 2 is 0.731 bits per heavy atom. The average molecular weight is 1030 g/mol. The highest BCUT2D eigenvalue weighted by molar-refractivity contribution is 5.87. The molecule has 2 saturated heterocycles. The second kappa shape index (κ2) is 24.4. The minimum atomic E-state index is -0.0629. The maximum atomic E-state index is 4.67. The number of aryl methyl sites for hydroxylation is 4. The van der Waals surface area contributed by atoms with Crippen LogP contribution in [0.3, 0.4) is 0 Å². The molecule has 0 bridgehead atoms. The summed E-state index contributed by atoms with van der Waals surface area (Å²) in [5.41, 5.74) is 11.7. The number of aromatic nitrogens is 8. The van der Waals surface area contributed by atoms with E-state index in [0.29, 0.717) is 0 Å². The van der Waals surface area contributed by atoms with Gasteiger partial charge in [0.05, 0.1) is 23.5 Å². The van der Waals surface area contributed by atoms with Crippen molar-refractivity contribution in [1.29, 1.82) is 0 Å². The molecule has 10 aromatic rings. The molecule has 2 aliphatic rings. The van der Waals surface area contributed by atoms with E-state index in [-0.39, 0.29) is 12.1 Å². The van der Waals surface area contributed by atoms with Crippen molar-refractivity contribution in [2.24, 2.45) is 0 Å². The molecule has 12 nitrogen and oxygen atoms in total. The minimum absolute atomic E-state index is 0.0629. The first-order chi connectivity index (χ1) is 38.4. The maximum absolute atomic E-state index is 4.67. The van der Waals surface area contributed by atoms with Crippen molar-refractivity contribution >= 4 is 33.7 Å². The van der Waals surface area contributed by atoms with Crippen LogP contribution in [0.1, 0.15) is 68.2 Å². The number of benzene rings is 8. The van der Waals surface area contributed by atoms with Crippen molar-refractivity contribution in [1.82, 2.24) is 60.0 Å². The highest BCUT2D eigenvalue weighted by Crippen LogP contribution is 2.37. The lowest BCUT2D eigenvalue weighted by molar-refractivity contribution is 0.114. The molecule has 4 heterocycles. The molecule has 8 aromatic carbocycles. The third-order valence-corrected chi connectivity index (χ3v) is 15.5. The summed E-state index contributed by atoms with van der Waals surface area (Å²) >= 11 is 0. The van der Waals surface area contributed by atoms with Gasteiger partial charge >= 0.3 is 0 Å². The normalized spacial score (nSPS) is 15.7. The second-order valence-corrected chi connectivity index (χ2v) is 20.6. The van der Waals surface area contributed by atoms with Crippen molar-refractivity contribution in [3.63, 3.8) is 0 Å². The molecule has 12 rings (SSSR count). The van der Waals surface area contributed by atoms with Gasteiger partial charge in [0.25, 0.3) is 0 Å². The van der Waals surface area contributed by atoms with Gasteiger partial charge in [-0.05, 0) is 115 Å². The summed E-state index contributed by atoms with van der Waals surface area (Å²) in [6.07, 6.45) is 8.97. The third kappa shape index (κ3) is 11.5. The van der Waals surface area contributed by atoms with E-state index in [1.54, 1.807) is 0 Å². The van der Waals surface area contributed by atoms with Crippen LogP contribution in [0.15, 0.2) is 194 Å². The van der Waals surface area contributed by atoms with Crippen LogP contribution in [0, 0.1) is 27.7 Å². The minimum Gasteiger partial charge on any atom is -0.297 e. The average Bonchev–Trinajstić information content (AvgIpc) is 4.27. The van der Waals surface area contributed by atoms with Gasteiger partial charge < -0.3 is 0 Å². The van der Waals surface area contributed by atoms with E-state index in [1.165, 1.54) is 43.8 Å². The lowest BCUT2D eigenvalue weighted by atomic mass is 9.96. The zero-order valence-corrected chi connectivity index (χ0v) is 45.2. The van der Waals surface area contributed by atoms with Gasteiger partial charge in [0.2, 0.25) is 0 Å². The lowest BCUT2D eigenvalue weighted by Crippen LogP contribution is -2.48. The summed E-state index contributed by atoms with van der Waals surface area (Å²) in [6, 6.07) is 64.0. The highest BCUT2D eigenvalue weighted by Gasteiger charge is 2.34. The molecule has 0 unspecified atom stereocenters. The summed E-state index contributed by atoms with van der Waals surface area (Å²) < 4.78 is 3.93. The molecule has 2 aromatic heterocycles. The highest BCUT2D eigenvalue weighted by atomic mass is 15.6. The molecular weight excluding hydrogens is 961 g/mol. The predicted octanol–water partition coefficient (Wildman–Crippen LogP) is 11.7. The van der Waals surface area contributed by atoms with Crippen molar-refractivity contribution in [3.8, 4) is 11.4 Å². The van der Waals surface area contributed by atoms with Gasteiger partial charge in [0.1, 0.15) is 0 Å². The van der Waals surface area contributed by atoms with E-state index < -0.39 is 0 Å². The largest absolute Gasteiger partial charge is 0.297 e. The Hall–Kier alpha value is -8.26. The van der Waals surface area contributed by atoms with Crippen LogP contribution in [0.5, 0.6) is 0 Å². The molecule has 12 heteroatoms. The zero-order valence-electron chi connectivity index (χ0n) is 45.2. The van der Waals surface area contributed by atoms with Crippen LogP contribution < -0.4 is 0 Å². The van der Waals surface area contributed by atoms with Crippen LogP contribution in [0.4, 0.5) is 0 Å². The number of tetrazole rings is 2. The summed E-state index contributed by atoms with van der Waals surface area (Å²) in [7, 11) is 0. The monoisotopic (exact) mass is 1030 g/mol. The number of piperazine rings is 2. The number of nitrogens with zero attached hydrogens (tertiary/aromatic N) is 12. The first-order valence-corrected chi connectivity index (χ1v) is 27.4. The van der Waals surface area contributed by atoms with Gasteiger partial charge in [-0.15, -0.1) is 10.2 Å². The number of hydrogen-bond acceptors (Lipinski definition) is 10. The van der Waals surface area contributed by atoms with Crippen LogP contribution in [0.25, 0.3) is 45.1 Å². The first-order valence-electron chi connectivity index (χ1n) is 27.4. The molecule has 0 spiro atoms. The van der Waals surface area contributed by atoms with E-state index in [2.05, 4.69) is 285 Å². The third-order valence-electron chi connectivity index (χ3n) is 15.5. The summed E-state index contributed by atoms with van der Waals surface area (Å²) in [6.45, 7) is 18.1. The van der Waals surface area contributed by atoms with Gasteiger partial charge in [0, 0.05) is 65.4 Å². The molecular formula is C66H68N12. The molecule has 2 fully saturated rings. The van der Waals surface area contributed by atoms with E-state index in [0.717, 1.165) is 111 Å². The number of para-hydroxylation sites is 2. The Labute approximate surface area is 458 Å². The zero-order chi connectivity index (χ0) is 53.2. The van der Waals surface area contributed by atoms with E-state index in [1.807, 2.05) is 9.36 Å². The van der Waals surface area contributed by atoms with Crippen LogP contribution in [-0.2, 0) is 0 Å². The maximum Gasteiger partial charge on any atom is 0.178 e. The predicted molar refractivity (Wildman–Crippen MR) is 316 cm³/mol. The molecule has 2 atom stereocenters. The van der Waals surface area contributed by atoms with Crippen molar-refractivity contribution in [2.75, 3.05) is 65.4 Å². The SMILES string of the molecule is Cc1cccc(C)c1-n1nnnc1[C@@H](c1cccc2ccccc12)N1CCN(C/C=C/c2ccccc2)CC1.Cc1cccc(C)c1-n1nnnc1[C@H](c1cccc2ccccc12)N1CCN(C/C=C/c2ccccc2)CC1. The number of rotatable bonds is 14. The van der Waals surface area contributed by atoms with Crippen molar-refractivity contribution < 1.29 is 0 Å². The lowest BCUT2D eigenvalue weighted by Gasteiger charge is -2.39. The van der Waals surface area contributed by atoms with Crippen molar-refractivity contribution in [2.45, 2.75) is 39.8 Å². The first kappa shape index (κ1) is 51.8. The van der Waals surface area contributed by atoms with E-state index in [9.17, 15) is 0 Å². The van der Waals surface area contributed by atoms with E-state index >= 15 is 0 Å². The molecule has 78 heavy (non-hydrogen) atoms. The molecule has 0 radical (unpaired) electrons. The standard InChI is InChI=1S/2C33H34N6/c2*1-25-11-8-12-26(2)31(25)39-33(34-35-36-39)32(30-19-9-17-28-16-6-7-18-29(28)30)38-23-21-37(22-24-38)20-10-15-27-13-4-3-5-14-27/h2*3-19,32H,20-24H2,1-2H3/b2*15-10+/t2*32-/m10/s1. The van der Waals surface area contributed by atoms with Crippen LogP contribution in [-0.4, -0.2) is 125 Å². The molecule has 0 saturated carbocycles. The summed E-state index contributed by atoms with van der Waals surface area (Å²) in [5.74, 6) is 1.72. The fourth-order valence-corrected chi connectivity index (χ4v) is 11.5. The Bertz CT molecular complexity index is 3350. The van der Waals surface area contributed by atoms with Gasteiger partial charge in [-0.1, -0.05) is 206 Å². The summed E-state index contributed by atoms with van der Waals surface area (Å²) in [5, 5.41) is 31.7. The quantitative estimate of drug-likeness (QED) is 0.105. The second-order valence-electron chi connectivity index (χ2n) is 20.6. The van der Waals surface area contributed by atoms with Crippen LogP contribution in [0.2, 0.25) is 0 Å². The van der Waals surface area contributed by atoms with Gasteiger partial charge in [-0.3, -0.25) is 19.6 Å². The van der Waals surface area contributed by atoms with Gasteiger partial charge in [-0.25, -0.2) is 0 Å². The fourth-order valence-electron chi connectivity index (χ4n) is 11.5. The topological polar surface area (TPSA) is 100 Å². The molecule has 392 valence electrons. The number of fused-ring (bicyclic) bond motifs is 2. The molecule has 2 aliphatic heterocycles. The van der Waals surface area contributed by atoms with Gasteiger partial charge in [-0.2, -0.15) is 9.36 Å². The van der Waals surface area contributed by atoms with Crippen molar-refractivity contribution in [3.05, 3.63) is 250 Å². The molecule has 0 aliphatic carbocycles. The van der Waals surface area contributed by atoms with Crippen LogP contribution >= 0.6 is 0 Å². The smallest absolute Gasteiger partial charge is 0.178 e. The Morgan fingerprint density at radius 3 is 1.13 bits per heavy atom. The summed E-state index contributed by atoms with van der Waals surface area (Å²) in [4.78, 5) is 10.1. The number of hydrogen-bond donors (Lipinski definition) is 0. The Morgan fingerprint density at radius 1 is 0.385 bits per heavy atom. The fraction of sp³-hybridized carbons (Fsp3) is 0.242. The molecule has 0 N–H and O–H groups in total. The Kier molecular flexibility index (Phi) is 16.2. The Balaban J connectivity index is 0.000000165. The van der Waals surface area contributed by atoms with Gasteiger partial charge in [0.15, 0.2) is 11.6 Å². The van der Waals surface area contributed by atoms with E-state index in [4.69, 9.17) is 0 Å². The molecule has 0 amide bonds.